The fraction of sp³-hybridized carbons (Fsp3) is 0.0769. The van der Waals surface area contributed by atoms with Crippen LogP contribution in [0.1, 0.15) is 17.2 Å². The minimum absolute atomic E-state index is 0.189. The van der Waals surface area contributed by atoms with Crippen molar-refractivity contribution in [1.29, 1.82) is 0 Å². The van der Waals surface area contributed by atoms with Gasteiger partial charge in [-0.25, -0.2) is 0 Å². The van der Waals surface area contributed by atoms with Crippen LogP contribution in [0.5, 0.6) is 0 Å². The van der Waals surface area contributed by atoms with Crippen LogP contribution >= 0.6 is 9.03 Å². The predicted molar refractivity (Wildman–Crippen MR) is 66.3 cm³/mol. The topological polar surface area (TPSA) is 29.5 Å². The van der Waals surface area contributed by atoms with Gasteiger partial charge in [0.25, 0.3) is 0 Å². The quantitative estimate of drug-likeness (QED) is 0.819. The van der Waals surface area contributed by atoms with E-state index in [1.54, 1.807) is 0 Å². The molecule has 0 saturated heterocycles. The molecule has 2 aromatic rings. The predicted octanol–water partition coefficient (Wildman–Crippen LogP) is 3.29. The molecule has 1 N–H and O–H groups in total. The average Bonchev–Trinajstić information content (AvgIpc) is 2.38. The van der Waals surface area contributed by atoms with E-state index in [1.165, 1.54) is 0 Å². The van der Waals surface area contributed by atoms with Crippen molar-refractivity contribution in [2.24, 2.45) is 0 Å². The molecule has 3 heteroatoms. The van der Waals surface area contributed by atoms with Gasteiger partial charge in [0.05, 0.1) is 0 Å². The second kappa shape index (κ2) is 5.76. The van der Waals surface area contributed by atoms with E-state index in [-0.39, 0.29) is 6.10 Å². The van der Waals surface area contributed by atoms with Crippen molar-refractivity contribution in [3.63, 3.8) is 0 Å². The molecule has 0 aromatic heterocycles. The summed E-state index contributed by atoms with van der Waals surface area (Å²) in [5, 5.41) is 0. The van der Waals surface area contributed by atoms with Crippen molar-refractivity contribution >= 4 is 9.03 Å². The first kappa shape index (κ1) is 11.3. The van der Waals surface area contributed by atoms with Crippen molar-refractivity contribution in [2.45, 2.75) is 6.10 Å². The van der Waals surface area contributed by atoms with Gasteiger partial charge in [0.1, 0.15) is 6.10 Å². The van der Waals surface area contributed by atoms with Gasteiger partial charge in [-0.05, 0) is 11.1 Å². The zero-order valence-corrected chi connectivity index (χ0v) is 9.71. The normalized spacial score (nSPS) is 11.4. The average molecular weight is 232 g/mol. The smallest absolute Gasteiger partial charge is 0.153 e. The first-order chi connectivity index (χ1) is 7.92. The van der Waals surface area contributed by atoms with Gasteiger partial charge in [-0.1, -0.05) is 60.7 Å². The lowest BCUT2D eigenvalue weighted by Crippen LogP contribution is -2.00. The molecule has 0 saturated carbocycles. The second-order valence-electron chi connectivity index (χ2n) is 3.41. The van der Waals surface area contributed by atoms with E-state index in [4.69, 9.17) is 9.42 Å². The van der Waals surface area contributed by atoms with Crippen molar-refractivity contribution in [3.8, 4) is 0 Å². The summed E-state index contributed by atoms with van der Waals surface area (Å²) >= 11 is 0. The minimum Gasteiger partial charge on any atom is -0.352 e. The van der Waals surface area contributed by atoms with E-state index >= 15 is 0 Å². The summed E-state index contributed by atoms with van der Waals surface area (Å²) in [6.07, 6.45) is -0.189. The molecule has 0 heterocycles. The van der Waals surface area contributed by atoms with Crippen molar-refractivity contribution in [2.75, 3.05) is 0 Å². The Labute approximate surface area is 96.8 Å². The van der Waals surface area contributed by atoms with E-state index in [0.29, 0.717) is 0 Å². The van der Waals surface area contributed by atoms with Crippen LogP contribution in [0.2, 0.25) is 0 Å². The molecule has 2 aromatic carbocycles. The maximum atomic E-state index is 8.96. The van der Waals surface area contributed by atoms with Crippen LogP contribution in [-0.2, 0) is 4.52 Å². The summed E-state index contributed by atoms with van der Waals surface area (Å²) < 4.78 is 5.40. The number of hydrogen-bond acceptors (Lipinski definition) is 2. The van der Waals surface area contributed by atoms with Crippen LogP contribution in [0.4, 0.5) is 0 Å². The lowest BCUT2D eigenvalue weighted by molar-refractivity contribution is 0.259. The molecule has 0 amide bonds. The van der Waals surface area contributed by atoms with E-state index in [0.717, 1.165) is 11.1 Å². The minimum atomic E-state index is -0.511. The first-order valence-corrected chi connectivity index (χ1v) is 5.92. The van der Waals surface area contributed by atoms with Gasteiger partial charge in [0, 0.05) is 0 Å². The molecule has 0 aliphatic rings. The summed E-state index contributed by atoms with van der Waals surface area (Å²) in [5.41, 5.74) is 2.10. The summed E-state index contributed by atoms with van der Waals surface area (Å²) in [6, 6.07) is 19.8. The highest BCUT2D eigenvalue weighted by molar-refractivity contribution is 7.25. The molecular weight excluding hydrogens is 219 g/mol. The molecule has 1 unspecified atom stereocenters. The molecule has 16 heavy (non-hydrogen) atoms. The Morgan fingerprint density at radius 1 is 0.812 bits per heavy atom. The summed E-state index contributed by atoms with van der Waals surface area (Å²) in [6.45, 7) is 0. The maximum Gasteiger partial charge on any atom is 0.153 e. The van der Waals surface area contributed by atoms with E-state index in [2.05, 4.69) is 0 Å². The Hall–Kier alpha value is -1.21. The van der Waals surface area contributed by atoms with Crippen molar-refractivity contribution in [1.82, 2.24) is 0 Å². The van der Waals surface area contributed by atoms with Gasteiger partial charge in [0.15, 0.2) is 9.03 Å². The van der Waals surface area contributed by atoms with Gasteiger partial charge in [0.2, 0.25) is 0 Å². The Kier molecular flexibility index (Phi) is 4.06. The Morgan fingerprint density at radius 3 is 1.62 bits per heavy atom. The highest BCUT2D eigenvalue weighted by Gasteiger charge is 2.13. The molecule has 2 nitrogen and oxygen atoms in total. The highest BCUT2D eigenvalue weighted by Crippen LogP contribution is 2.30. The van der Waals surface area contributed by atoms with E-state index in [9.17, 15) is 0 Å². The summed E-state index contributed by atoms with van der Waals surface area (Å²) in [7, 11) is -0.511. The van der Waals surface area contributed by atoms with Crippen LogP contribution in [0.15, 0.2) is 60.7 Å². The number of benzene rings is 2. The Balaban J connectivity index is 2.31. The maximum absolute atomic E-state index is 8.96. The molecule has 2 rings (SSSR count). The zero-order valence-electron chi connectivity index (χ0n) is 8.71. The van der Waals surface area contributed by atoms with Crippen LogP contribution in [0, 0.1) is 0 Å². The fourth-order valence-corrected chi connectivity index (χ4v) is 2.01. The van der Waals surface area contributed by atoms with E-state index < -0.39 is 9.03 Å². The first-order valence-electron chi connectivity index (χ1n) is 5.06. The molecule has 82 valence electrons. The molecular formula is C13H13O2P. The second-order valence-corrected chi connectivity index (χ2v) is 3.83. The van der Waals surface area contributed by atoms with Gasteiger partial charge < -0.3 is 9.42 Å². The van der Waals surface area contributed by atoms with Crippen LogP contribution in [0.25, 0.3) is 0 Å². The SMILES string of the molecule is OPOC(c1ccccc1)c1ccccc1. The molecule has 0 aliphatic carbocycles. The Morgan fingerprint density at radius 2 is 1.25 bits per heavy atom. The third-order valence-corrected chi connectivity index (χ3v) is 2.72. The van der Waals surface area contributed by atoms with Crippen LogP contribution in [-0.4, -0.2) is 4.89 Å². The van der Waals surface area contributed by atoms with Crippen molar-refractivity contribution < 1.29 is 9.42 Å². The summed E-state index contributed by atoms with van der Waals surface area (Å²) in [4.78, 5) is 8.96. The van der Waals surface area contributed by atoms with Gasteiger partial charge in [-0.3, -0.25) is 0 Å². The van der Waals surface area contributed by atoms with Crippen LogP contribution in [0.3, 0.4) is 0 Å². The third kappa shape index (κ3) is 2.67. The Bertz CT molecular complexity index is 377. The monoisotopic (exact) mass is 232 g/mol. The van der Waals surface area contributed by atoms with Gasteiger partial charge in [-0.15, -0.1) is 0 Å². The molecule has 0 radical (unpaired) electrons. The highest BCUT2D eigenvalue weighted by atomic mass is 31.1. The van der Waals surface area contributed by atoms with E-state index in [1.807, 2.05) is 60.7 Å². The molecule has 1 atom stereocenters. The lowest BCUT2D eigenvalue weighted by Gasteiger charge is -2.16. The van der Waals surface area contributed by atoms with Crippen molar-refractivity contribution in [3.05, 3.63) is 71.8 Å². The lowest BCUT2D eigenvalue weighted by atomic mass is 10.0. The van der Waals surface area contributed by atoms with Crippen LogP contribution < -0.4 is 0 Å². The molecule has 0 spiro atoms. The fourth-order valence-electron chi connectivity index (χ4n) is 1.64. The molecule has 0 fully saturated rings. The zero-order chi connectivity index (χ0) is 11.2. The molecule has 0 aliphatic heterocycles. The summed E-state index contributed by atoms with van der Waals surface area (Å²) in [5.74, 6) is 0. The number of rotatable bonds is 4. The number of hydrogen-bond donors (Lipinski definition) is 1. The standard InChI is InChI=1S/C13H13O2P/c14-16-15-13(11-7-3-1-4-8-11)12-9-5-2-6-10-12/h1-10,13-14,16H. The third-order valence-electron chi connectivity index (χ3n) is 2.38. The van der Waals surface area contributed by atoms with Gasteiger partial charge >= 0.3 is 0 Å². The van der Waals surface area contributed by atoms with Gasteiger partial charge in [-0.2, -0.15) is 0 Å². The largest absolute Gasteiger partial charge is 0.352 e. The molecule has 0 bridgehead atoms.